The van der Waals surface area contributed by atoms with Crippen molar-refractivity contribution in [1.82, 2.24) is 15.5 Å². The van der Waals surface area contributed by atoms with Gasteiger partial charge in [0, 0.05) is 17.5 Å². The lowest BCUT2D eigenvalue weighted by Crippen LogP contribution is -2.22. The Hall–Kier alpha value is -3.13. The number of aromatic nitrogens is 2. The first-order valence-electron chi connectivity index (χ1n) is 9.93. The zero-order chi connectivity index (χ0) is 21.4. The van der Waals surface area contributed by atoms with E-state index < -0.39 is 0 Å². The van der Waals surface area contributed by atoms with E-state index in [2.05, 4.69) is 20.8 Å². The number of carbonyl (C=O) groups is 2. The van der Waals surface area contributed by atoms with E-state index in [-0.39, 0.29) is 23.3 Å². The van der Waals surface area contributed by atoms with Crippen LogP contribution in [0.25, 0.3) is 11.3 Å². The molecule has 0 fully saturated rings. The standard InChI is InChI=1S/C22H24N4O3S/c1-11-8-12(2)18(16(27)9-11)14-10-15(26-25-14)20(28)24-22-19(21(29)23-3)13-6-4-5-7-17(13)30-22/h8-10,27H,4-7H2,1-3H3,(H,23,29)(H,24,28)(H,25,26). The van der Waals surface area contributed by atoms with E-state index in [9.17, 15) is 14.7 Å². The predicted octanol–water partition coefficient (Wildman–Crippen LogP) is 3.95. The van der Waals surface area contributed by atoms with E-state index >= 15 is 0 Å². The maximum absolute atomic E-state index is 12.9. The molecular formula is C22H24N4O3S. The van der Waals surface area contributed by atoms with E-state index in [4.69, 9.17) is 0 Å². The second-order valence-corrected chi connectivity index (χ2v) is 8.70. The Labute approximate surface area is 178 Å². The number of nitrogens with zero attached hydrogens (tertiary/aromatic N) is 1. The molecule has 0 bridgehead atoms. The van der Waals surface area contributed by atoms with Crippen LogP contribution < -0.4 is 10.6 Å². The van der Waals surface area contributed by atoms with E-state index in [0.29, 0.717) is 21.8 Å². The van der Waals surface area contributed by atoms with Crippen molar-refractivity contribution in [2.45, 2.75) is 39.5 Å². The number of H-pyrrole nitrogens is 1. The molecule has 0 aliphatic heterocycles. The van der Waals surface area contributed by atoms with Crippen molar-refractivity contribution >= 4 is 28.2 Å². The summed E-state index contributed by atoms with van der Waals surface area (Å²) in [7, 11) is 1.60. The summed E-state index contributed by atoms with van der Waals surface area (Å²) in [5.74, 6) is -0.434. The Bertz CT molecular complexity index is 1120. The molecule has 0 atom stereocenters. The lowest BCUT2D eigenvalue weighted by Gasteiger charge is -2.12. The minimum absolute atomic E-state index is 0.124. The van der Waals surface area contributed by atoms with E-state index in [1.165, 1.54) is 16.2 Å². The highest BCUT2D eigenvalue weighted by Gasteiger charge is 2.26. The van der Waals surface area contributed by atoms with Gasteiger partial charge in [-0.1, -0.05) is 6.07 Å². The van der Waals surface area contributed by atoms with Crippen molar-refractivity contribution in [2.24, 2.45) is 0 Å². The molecule has 7 nitrogen and oxygen atoms in total. The van der Waals surface area contributed by atoms with Crippen LogP contribution in [0.4, 0.5) is 5.00 Å². The smallest absolute Gasteiger partial charge is 0.274 e. The highest BCUT2D eigenvalue weighted by Crippen LogP contribution is 2.38. The molecule has 1 aromatic carbocycles. The van der Waals surface area contributed by atoms with Gasteiger partial charge in [0.05, 0.1) is 11.3 Å². The molecule has 0 spiro atoms. The first-order valence-corrected chi connectivity index (χ1v) is 10.7. The van der Waals surface area contributed by atoms with Gasteiger partial charge in [0.25, 0.3) is 11.8 Å². The minimum Gasteiger partial charge on any atom is -0.507 e. The van der Waals surface area contributed by atoms with Gasteiger partial charge in [-0.05, 0) is 68.4 Å². The van der Waals surface area contributed by atoms with Gasteiger partial charge in [0.15, 0.2) is 0 Å². The van der Waals surface area contributed by atoms with Gasteiger partial charge in [-0.3, -0.25) is 14.7 Å². The summed E-state index contributed by atoms with van der Waals surface area (Å²) < 4.78 is 0. The zero-order valence-corrected chi connectivity index (χ0v) is 18.0. The van der Waals surface area contributed by atoms with Crippen molar-refractivity contribution in [3.05, 3.63) is 51.0 Å². The van der Waals surface area contributed by atoms with Crippen molar-refractivity contribution in [1.29, 1.82) is 0 Å². The second kappa shape index (κ2) is 7.95. The maximum atomic E-state index is 12.9. The number of aromatic amines is 1. The number of nitrogens with one attached hydrogen (secondary N) is 3. The number of aryl methyl sites for hydroxylation is 3. The van der Waals surface area contributed by atoms with Crippen molar-refractivity contribution < 1.29 is 14.7 Å². The molecule has 8 heteroatoms. The molecule has 4 rings (SSSR count). The summed E-state index contributed by atoms with van der Waals surface area (Å²) in [4.78, 5) is 26.5. The number of phenolic OH excluding ortho intramolecular Hbond substituents is 1. The van der Waals surface area contributed by atoms with Crippen LogP contribution >= 0.6 is 11.3 Å². The fourth-order valence-electron chi connectivity index (χ4n) is 4.03. The highest BCUT2D eigenvalue weighted by molar-refractivity contribution is 7.17. The number of phenols is 1. The largest absolute Gasteiger partial charge is 0.507 e. The molecule has 4 N–H and O–H groups in total. The summed E-state index contributed by atoms with van der Waals surface area (Å²) in [6, 6.07) is 5.23. The first kappa shape index (κ1) is 20.2. The third-order valence-corrected chi connectivity index (χ3v) is 6.60. The van der Waals surface area contributed by atoms with Gasteiger partial charge in [-0.2, -0.15) is 5.10 Å². The van der Waals surface area contributed by atoms with Gasteiger partial charge < -0.3 is 15.7 Å². The number of carbonyl (C=O) groups excluding carboxylic acids is 2. The van der Waals surface area contributed by atoms with Crippen LogP contribution in [0.3, 0.4) is 0 Å². The molecule has 156 valence electrons. The lowest BCUT2D eigenvalue weighted by atomic mass is 9.95. The van der Waals surface area contributed by atoms with Gasteiger partial charge >= 0.3 is 0 Å². The van der Waals surface area contributed by atoms with Crippen LogP contribution in [0, 0.1) is 13.8 Å². The lowest BCUT2D eigenvalue weighted by molar-refractivity contribution is 0.0963. The van der Waals surface area contributed by atoms with Gasteiger partial charge in [-0.15, -0.1) is 11.3 Å². The molecule has 0 radical (unpaired) electrons. The van der Waals surface area contributed by atoms with Gasteiger partial charge in [0.1, 0.15) is 16.4 Å². The molecule has 2 aromatic heterocycles. The first-order chi connectivity index (χ1) is 14.4. The molecule has 0 saturated carbocycles. The third kappa shape index (κ3) is 3.59. The zero-order valence-electron chi connectivity index (χ0n) is 17.2. The number of thiophene rings is 1. The molecule has 0 unspecified atom stereocenters. The maximum Gasteiger partial charge on any atom is 0.274 e. The molecule has 2 heterocycles. The summed E-state index contributed by atoms with van der Waals surface area (Å²) >= 11 is 1.47. The van der Waals surface area contributed by atoms with Crippen LogP contribution in [0.1, 0.15) is 55.3 Å². The normalized spacial score (nSPS) is 13.0. The number of amides is 2. The van der Waals surface area contributed by atoms with Gasteiger partial charge in [-0.25, -0.2) is 0 Å². The number of benzene rings is 1. The van der Waals surface area contributed by atoms with Gasteiger partial charge in [0.2, 0.25) is 0 Å². The van der Waals surface area contributed by atoms with Crippen molar-refractivity contribution in [3.63, 3.8) is 0 Å². The quantitative estimate of drug-likeness (QED) is 0.509. The fourth-order valence-corrected chi connectivity index (χ4v) is 5.32. The number of anilines is 1. The molecule has 1 aliphatic rings. The van der Waals surface area contributed by atoms with Crippen LogP contribution in [0.2, 0.25) is 0 Å². The van der Waals surface area contributed by atoms with Crippen molar-refractivity contribution in [3.8, 4) is 17.0 Å². The van der Waals surface area contributed by atoms with E-state index in [1.807, 2.05) is 19.9 Å². The van der Waals surface area contributed by atoms with Crippen LogP contribution in [0.15, 0.2) is 18.2 Å². The molecule has 2 amide bonds. The van der Waals surface area contributed by atoms with E-state index in [0.717, 1.165) is 42.4 Å². The summed E-state index contributed by atoms with van der Waals surface area (Å²) in [6.45, 7) is 3.80. The van der Waals surface area contributed by atoms with Crippen LogP contribution in [-0.4, -0.2) is 34.2 Å². The average Bonchev–Trinajstić information content (AvgIpc) is 3.31. The number of hydrogen-bond acceptors (Lipinski definition) is 5. The third-order valence-electron chi connectivity index (χ3n) is 5.39. The van der Waals surface area contributed by atoms with Crippen LogP contribution in [-0.2, 0) is 12.8 Å². The molecular weight excluding hydrogens is 400 g/mol. The average molecular weight is 425 g/mol. The van der Waals surface area contributed by atoms with Crippen molar-refractivity contribution in [2.75, 3.05) is 12.4 Å². The Morgan fingerprint density at radius 1 is 1.13 bits per heavy atom. The summed E-state index contributed by atoms with van der Waals surface area (Å²) in [6.07, 6.45) is 3.92. The number of aromatic hydroxyl groups is 1. The Morgan fingerprint density at radius 3 is 2.63 bits per heavy atom. The predicted molar refractivity (Wildman–Crippen MR) is 117 cm³/mol. The van der Waals surface area contributed by atoms with E-state index in [1.54, 1.807) is 19.2 Å². The van der Waals surface area contributed by atoms with Crippen LogP contribution in [0.5, 0.6) is 5.75 Å². The molecule has 0 saturated heterocycles. The highest BCUT2D eigenvalue weighted by atomic mass is 32.1. The Kier molecular flexibility index (Phi) is 5.34. The topological polar surface area (TPSA) is 107 Å². The second-order valence-electron chi connectivity index (χ2n) is 7.59. The fraction of sp³-hybridized carbons (Fsp3) is 0.318. The molecule has 30 heavy (non-hydrogen) atoms. The Balaban J connectivity index is 1.64. The minimum atomic E-state index is -0.373. The monoisotopic (exact) mass is 424 g/mol. The molecule has 3 aromatic rings. The summed E-state index contributed by atoms with van der Waals surface area (Å²) in [5.41, 5.74) is 4.78. The number of fused-ring (bicyclic) bond motifs is 1. The molecule has 1 aliphatic carbocycles. The number of hydrogen-bond donors (Lipinski definition) is 4. The number of rotatable bonds is 4. The summed E-state index contributed by atoms with van der Waals surface area (Å²) in [5, 5.41) is 23.4. The SMILES string of the molecule is CNC(=O)c1c(NC(=O)c2cc(-c3c(C)cc(C)cc3O)n[nH]2)sc2c1CCCC2. The Morgan fingerprint density at radius 2 is 1.90 bits per heavy atom.